The molecule has 1 unspecified atom stereocenters. The minimum Gasteiger partial charge on any atom is -0.364 e. The van der Waals surface area contributed by atoms with Gasteiger partial charge in [-0.2, -0.15) is 0 Å². The molecule has 0 saturated heterocycles. The first-order valence-electron chi connectivity index (χ1n) is 5.61. The summed E-state index contributed by atoms with van der Waals surface area (Å²) in [6.45, 7) is 4.06. The van der Waals surface area contributed by atoms with E-state index in [0.717, 1.165) is 11.3 Å². The third kappa shape index (κ3) is 3.45. The topological polar surface area (TPSA) is 29.5 Å². The fourth-order valence-electron chi connectivity index (χ4n) is 1.59. The SMILES string of the molecule is CCC(Cl)C(=O)N(COC)c1ccccc1C. The first-order chi connectivity index (χ1) is 8.11. The first-order valence-corrected chi connectivity index (χ1v) is 6.05. The molecule has 0 saturated carbocycles. The maximum atomic E-state index is 12.1. The van der Waals surface area contributed by atoms with E-state index in [-0.39, 0.29) is 12.6 Å². The summed E-state index contributed by atoms with van der Waals surface area (Å²) in [4.78, 5) is 13.7. The molecule has 1 amide bonds. The fraction of sp³-hybridized carbons (Fsp3) is 0.462. The van der Waals surface area contributed by atoms with Crippen LogP contribution in [0.5, 0.6) is 0 Å². The minimum absolute atomic E-state index is 0.120. The third-order valence-electron chi connectivity index (χ3n) is 2.56. The highest BCUT2D eigenvalue weighted by Gasteiger charge is 2.23. The van der Waals surface area contributed by atoms with Gasteiger partial charge in [-0.05, 0) is 25.0 Å². The van der Waals surface area contributed by atoms with Crippen molar-refractivity contribution in [3.05, 3.63) is 29.8 Å². The van der Waals surface area contributed by atoms with E-state index in [1.54, 1.807) is 12.0 Å². The quantitative estimate of drug-likeness (QED) is 0.598. The molecule has 4 heteroatoms. The molecule has 0 aliphatic heterocycles. The molecule has 0 aromatic heterocycles. The number of rotatable bonds is 5. The smallest absolute Gasteiger partial charge is 0.246 e. The average Bonchev–Trinajstić information content (AvgIpc) is 2.35. The number of nitrogens with zero attached hydrogens (tertiary/aromatic N) is 1. The van der Waals surface area contributed by atoms with Gasteiger partial charge in [0.25, 0.3) is 0 Å². The van der Waals surface area contributed by atoms with Crippen LogP contribution >= 0.6 is 11.6 Å². The van der Waals surface area contributed by atoms with Gasteiger partial charge in [0.2, 0.25) is 5.91 Å². The Morgan fingerprint density at radius 3 is 2.65 bits per heavy atom. The van der Waals surface area contributed by atoms with Crippen LogP contribution in [-0.4, -0.2) is 25.1 Å². The lowest BCUT2D eigenvalue weighted by Crippen LogP contribution is -2.38. The van der Waals surface area contributed by atoms with Gasteiger partial charge >= 0.3 is 0 Å². The van der Waals surface area contributed by atoms with Crippen LogP contribution in [0, 0.1) is 6.92 Å². The zero-order valence-electron chi connectivity index (χ0n) is 10.4. The molecular weight excluding hydrogens is 238 g/mol. The van der Waals surface area contributed by atoms with E-state index in [9.17, 15) is 4.79 Å². The summed E-state index contributed by atoms with van der Waals surface area (Å²) in [5, 5.41) is -0.509. The van der Waals surface area contributed by atoms with Crippen LogP contribution in [0.4, 0.5) is 5.69 Å². The Balaban J connectivity index is 3.01. The molecule has 0 fully saturated rings. The number of benzene rings is 1. The highest BCUT2D eigenvalue weighted by Crippen LogP contribution is 2.21. The van der Waals surface area contributed by atoms with Gasteiger partial charge in [-0.3, -0.25) is 9.69 Å². The van der Waals surface area contributed by atoms with Crippen molar-refractivity contribution in [2.24, 2.45) is 0 Å². The summed E-state index contributed by atoms with van der Waals surface area (Å²) in [5.74, 6) is -0.120. The monoisotopic (exact) mass is 255 g/mol. The van der Waals surface area contributed by atoms with Gasteiger partial charge in [0.05, 0.1) is 0 Å². The van der Waals surface area contributed by atoms with Crippen LogP contribution < -0.4 is 4.90 Å². The van der Waals surface area contributed by atoms with Crippen molar-refractivity contribution in [2.75, 3.05) is 18.7 Å². The zero-order chi connectivity index (χ0) is 12.8. The average molecular weight is 256 g/mol. The van der Waals surface area contributed by atoms with Crippen LogP contribution in [0.25, 0.3) is 0 Å². The predicted molar refractivity (Wildman–Crippen MR) is 70.5 cm³/mol. The van der Waals surface area contributed by atoms with Crippen LogP contribution in [-0.2, 0) is 9.53 Å². The number of alkyl halides is 1. The number of anilines is 1. The number of halogens is 1. The van der Waals surface area contributed by atoms with Gasteiger partial charge in [0, 0.05) is 12.8 Å². The van der Waals surface area contributed by atoms with Crippen molar-refractivity contribution in [1.82, 2.24) is 0 Å². The van der Waals surface area contributed by atoms with Crippen LogP contribution in [0.15, 0.2) is 24.3 Å². The second-order valence-corrected chi connectivity index (χ2v) is 4.37. The highest BCUT2D eigenvalue weighted by molar-refractivity contribution is 6.32. The van der Waals surface area contributed by atoms with Crippen molar-refractivity contribution in [2.45, 2.75) is 25.6 Å². The molecule has 0 bridgehead atoms. The van der Waals surface area contributed by atoms with Gasteiger partial charge in [-0.25, -0.2) is 0 Å². The fourth-order valence-corrected chi connectivity index (χ4v) is 1.71. The molecule has 1 aromatic carbocycles. The number of hydrogen-bond donors (Lipinski definition) is 0. The van der Waals surface area contributed by atoms with Crippen molar-refractivity contribution >= 4 is 23.2 Å². The summed E-state index contributed by atoms with van der Waals surface area (Å²) >= 11 is 6.00. The molecule has 94 valence electrons. The van der Waals surface area contributed by atoms with Crippen molar-refractivity contribution in [1.29, 1.82) is 0 Å². The number of hydrogen-bond acceptors (Lipinski definition) is 2. The summed E-state index contributed by atoms with van der Waals surface area (Å²) in [6, 6.07) is 7.69. The zero-order valence-corrected chi connectivity index (χ0v) is 11.2. The van der Waals surface area contributed by atoms with Crippen molar-refractivity contribution in [3.63, 3.8) is 0 Å². The molecule has 0 radical (unpaired) electrons. The Hall–Kier alpha value is -1.06. The maximum Gasteiger partial charge on any atom is 0.246 e. The van der Waals surface area contributed by atoms with E-state index in [4.69, 9.17) is 16.3 Å². The number of ether oxygens (including phenoxy) is 1. The number of carbonyl (C=O) groups is 1. The molecular formula is C13H18ClNO2. The summed E-state index contributed by atoms with van der Waals surface area (Å²) in [5.41, 5.74) is 1.87. The van der Waals surface area contributed by atoms with Gasteiger partial charge in [-0.1, -0.05) is 25.1 Å². The number of methoxy groups -OCH3 is 1. The highest BCUT2D eigenvalue weighted by atomic mass is 35.5. The summed E-state index contributed by atoms with van der Waals surface area (Å²) in [6.07, 6.45) is 0.604. The third-order valence-corrected chi connectivity index (χ3v) is 3.05. The van der Waals surface area contributed by atoms with E-state index in [1.165, 1.54) is 0 Å². The molecule has 3 nitrogen and oxygen atoms in total. The second kappa shape index (κ2) is 6.62. The maximum absolute atomic E-state index is 12.1. The van der Waals surface area contributed by atoms with E-state index in [2.05, 4.69) is 0 Å². The van der Waals surface area contributed by atoms with Crippen molar-refractivity contribution < 1.29 is 9.53 Å². The molecule has 0 aliphatic carbocycles. The Morgan fingerprint density at radius 2 is 2.12 bits per heavy atom. The lowest BCUT2D eigenvalue weighted by Gasteiger charge is -2.25. The molecule has 0 spiro atoms. The van der Waals surface area contributed by atoms with E-state index < -0.39 is 5.38 Å². The Morgan fingerprint density at radius 1 is 1.47 bits per heavy atom. The number of aryl methyl sites for hydroxylation is 1. The molecule has 0 heterocycles. The molecule has 17 heavy (non-hydrogen) atoms. The summed E-state index contributed by atoms with van der Waals surface area (Å²) in [7, 11) is 1.56. The molecule has 0 aliphatic rings. The van der Waals surface area contributed by atoms with E-state index >= 15 is 0 Å². The molecule has 1 rings (SSSR count). The lowest BCUT2D eigenvalue weighted by atomic mass is 10.1. The molecule has 0 N–H and O–H groups in total. The van der Waals surface area contributed by atoms with Crippen LogP contribution in [0.3, 0.4) is 0 Å². The lowest BCUT2D eigenvalue weighted by molar-refractivity contribution is -0.119. The second-order valence-electron chi connectivity index (χ2n) is 3.85. The van der Waals surface area contributed by atoms with Gasteiger partial charge in [0.1, 0.15) is 12.1 Å². The Kier molecular flexibility index (Phi) is 5.45. The molecule has 1 aromatic rings. The number of para-hydroxylation sites is 1. The van der Waals surface area contributed by atoms with Gasteiger partial charge < -0.3 is 4.74 Å². The normalized spacial score (nSPS) is 12.2. The first kappa shape index (κ1) is 14.0. The van der Waals surface area contributed by atoms with Gasteiger partial charge in [0.15, 0.2) is 0 Å². The number of carbonyl (C=O) groups excluding carboxylic acids is 1. The molecule has 1 atom stereocenters. The van der Waals surface area contributed by atoms with E-state index in [0.29, 0.717) is 6.42 Å². The number of amides is 1. The van der Waals surface area contributed by atoms with Crippen LogP contribution in [0.2, 0.25) is 0 Å². The Labute approximate surface area is 107 Å². The van der Waals surface area contributed by atoms with E-state index in [1.807, 2.05) is 38.1 Å². The summed E-state index contributed by atoms with van der Waals surface area (Å²) < 4.78 is 5.08. The standard InChI is InChI=1S/C13H18ClNO2/c1-4-11(14)13(16)15(9-17-3)12-8-6-5-7-10(12)2/h5-8,11H,4,9H2,1-3H3. The van der Waals surface area contributed by atoms with Crippen LogP contribution in [0.1, 0.15) is 18.9 Å². The van der Waals surface area contributed by atoms with Crippen molar-refractivity contribution in [3.8, 4) is 0 Å². The van der Waals surface area contributed by atoms with Gasteiger partial charge in [-0.15, -0.1) is 11.6 Å². The predicted octanol–water partition coefficient (Wildman–Crippen LogP) is 2.95. The Bertz CT molecular complexity index is 381. The minimum atomic E-state index is -0.509. The largest absolute Gasteiger partial charge is 0.364 e.